The van der Waals surface area contributed by atoms with Gasteiger partial charge in [-0.15, -0.1) is 0 Å². The van der Waals surface area contributed by atoms with Crippen LogP contribution in [0.15, 0.2) is 48.8 Å². The van der Waals surface area contributed by atoms with Crippen molar-refractivity contribution in [3.63, 3.8) is 0 Å². The Bertz CT molecular complexity index is 797. The number of benzene rings is 1. The third-order valence-electron chi connectivity index (χ3n) is 3.32. The molecule has 0 bridgehead atoms. The van der Waals surface area contributed by atoms with Gasteiger partial charge in [0.1, 0.15) is 0 Å². The Labute approximate surface area is 146 Å². The molecule has 0 saturated heterocycles. The van der Waals surface area contributed by atoms with Crippen molar-refractivity contribution in [1.82, 2.24) is 14.6 Å². The van der Waals surface area contributed by atoms with Crippen molar-refractivity contribution in [2.75, 3.05) is 19.3 Å². The van der Waals surface area contributed by atoms with Crippen molar-refractivity contribution in [3.05, 3.63) is 64.9 Å². The second kappa shape index (κ2) is 8.23. The summed E-state index contributed by atoms with van der Waals surface area (Å²) in [6.45, 7) is 0.538. The molecule has 0 saturated carbocycles. The number of aromatic nitrogens is 1. The summed E-state index contributed by atoms with van der Waals surface area (Å²) in [5, 5.41) is 3.04. The van der Waals surface area contributed by atoms with Crippen molar-refractivity contribution in [1.29, 1.82) is 0 Å². The summed E-state index contributed by atoms with van der Waals surface area (Å²) >= 11 is 5.97. The van der Waals surface area contributed by atoms with E-state index in [2.05, 4.69) is 10.3 Å². The molecule has 0 aliphatic heterocycles. The zero-order chi connectivity index (χ0) is 17.6. The molecule has 1 heterocycles. The van der Waals surface area contributed by atoms with E-state index in [1.807, 2.05) is 0 Å². The first kappa shape index (κ1) is 18.4. The molecule has 8 heteroatoms. The van der Waals surface area contributed by atoms with Crippen LogP contribution in [0.25, 0.3) is 0 Å². The molecule has 24 heavy (non-hydrogen) atoms. The van der Waals surface area contributed by atoms with Gasteiger partial charge < -0.3 is 5.32 Å². The zero-order valence-electron chi connectivity index (χ0n) is 13.1. The van der Waals surface area contributed by atoms with Gasteiger partial charge in [-0.3, -0.25) is 9.78 Å². The minimum absolute atomic E-state index is 0.157. The largest absolute Gasteiger partial charge is 0.351 e. The third-order valence-corrected chi connectivity index (χ3v) is 4.90. The fraction of sp³-hybridized carbons (Fsp3) is 0.250. The maximum atomic E-state index is 12.1. The van der Waals surface area contributed by atoms with Crippen LogP contribution in [0, 0.1) is 0 Å². The summed E-state index contributed by atoms with van der Waals surface area (Å²) in [5.41, 5.74) is 1.14. The summed E-state index contributed by atoms with van der Waals surface area (Å²) in [7, 11) is -3.41. The molecule has 6 nitrogen and oxygen atoms in total. The maximum absolute atomic E-state index is 12.1. The van der Waals surface area contributed by atoms with Crippen molar-refractivity contribution < 1.29 is 13.2 Å². The standard InChI is InChI=1S/C16H18ClN3O3S/c1-24(22,23)20(12-13-5-4-8-18-11-13)10-9-19-16(21)14-6-2-3-7-15(14)17/h2-8,11H,9-10,12H2,1H3,(H,19,21). The smallest absolute Gasteiger partial charge is 0.252 e. The van der Waals surface area contributed by atoms with Crippen LogP contribution in [0.1, 0.15) is 15.9 Å². The lowest BCUT2D eigenvalue weighted by Gasteiger charge is -2.20. The Morgan fingerprint density at radius 2 is 2.00 bits per heavy atom. The van der Waals surface area contributed by atoms with E-state index >= 15 is 0 Å². The van der Waals surface area contributed by atoms with E-state index < -0.39 is 10.0 Å². The van der Waals surface area contributed by atoms with Crippen molar-refractivity contribution in [3.8, 4) is 0 Å². The molecule has 1 amide bonds. The molecule has 0 aliphatic rings. The fourth-order valence-corrected chi connectivity index (χ4v) is 3.12. The summed E-state index contributed by atoms with van der Waals surface area (Å²) in [4.78, 5) is 16.1. The Kier molecular flexibility index (Phi) is 6.30. The first-order valence-electron chi connectivity index (χ1n) is 7.24. The van der Waals surface area contributed by atoms with Crippen LogP contribution in [-0.4, -0.2) is 43.0 Å². The minimum Gasteiger partial charge on any atom is -0.351 e. The highest BCUT2D eigenvalue weighted by atomic mass is 35.5. The molecule has 128 valence electrons. The number of carbonyl (C=O) groups is 1. The van der Waals surface area contributed by atoms with Gasteiger partial charge in [0.05, 0.1) is 16.8 Å². The van der Waals surface area contributed by atoms with Gasteiger partial charge in [0, 0.05) is 32.0 Å². The van der Waals surface area contributed by atoms with Gasteiger partial charge in [0.25, 0.3) is 5.91 Å². The van der Waals surface area contributed by atoms with E-state index in [-0.39, 0.29) is 25.5 Å². The summed E-state index contributed by atoms with van der Waals surface area (Å²) in [6.07, 6.45) is 4.37. The first-order chi connectivity index (χ1) is 11.4. The monoisotopic (exact) mass is 367 g/mol. The number of hydrogen-bond donors (Lipinski definition) is 1. The lowest BCUT2D eigenvalue weighted by atomic mass is 10.2. The van der Waals surface area contributed by atoms with Crippen LogP contribution in [0.2, 0.25) is 5.02 Å². The van der Waals surface area contributed by atoms with Gasteiger partial charge in [0.2, 0.25) is 10.0 Å². The second-order valence-electron chi connectivity index (χ2n) is 5.19. The molecular weight excluding hydrogens is 350 g/mol. The number of halogens is 1. The predicted octanol–water partition coefficient (Wildman–Crippen LogP) is 1.93. The van der Waals surface area contributed by atoms with E-state index in [0.29, 0.717) is 10.6 Å². The molecular formula is C16H18ClN3O3S. The van der Waals surface area contributed by atoms with Gasteiger partial charge >= 0.3 is 0 Å². The minimum atomic E-state index is -3.41. The number of nitrogens with one attached hydrogen (secondary N) is 1. The van der Waals surface area contributed by atoms with Gasteiger partial charge in [-0.2, -0.15) is 4.31 Å². The molecule has 0 unspecified atom stereocenters. The van der Waals surface area contributed by atoms with Crippen LogP contribution in [0.5, 0.6) is 0 Å². The molecule has 0 fully saturated rings. The maximum Gasteiger partial charge on any atom is 0.252 e. The third kappa shape index (κ3) is 5.30. The normalized spacial score (nSPS) is 11.5. The molecule has 0 atom stereocenters. The summed E-state index contributed by atoms with van der Waals surface area (Å²) in [5.74, 6) is -0.338. The van der Waals surface area contributed by atoms with E-state index in [0.717, 1.165) is 11.8 Å². The first-order valence-corrected chi connectivity index (χ1v) is 9.47. The van der Waals surface area contributed by atoms with Crippen molar-refractivity contribution in [2.45, 2.75) is 6.54 Å². The molecule has 2 rings (SSSR count). The van der Waals surface area contributed by atoms with Crippen LogP contribution in [0.4, 0.5) is 0 Å². The van der Waals surface area contributed by atoms with Gasteiger partial charge in [-0.25, -0.2) is 8.42 Å². The Morgan fingerprint density at radius 1 is 1.25 bits per heavy atom. The van der Waals surface area contributed by atoms with E-state index in [9.17, 15) is 13.2 Å². The molecule has 1 N–H and O–H groups in total. The molecule has 2 aromatic rings. The number of hydrogen-bond acceptors (Lipinski definition) is 4. The molecule has 1 aromatic carbocycles. The van der Waals surface area contributed by atoms with Gasteiger partial charge in [0.15, 0.2) is 0 Å². The average Bonchev–Trinajstić information content (AvgIpc) is 2.54. The lowest BCUT2D eigenvalue weighted by Crippen LogP contribution is -2.37. The van der Waals surface area contributed by atoms with E-state index in [4.69, 9.17) is 11.6 Å². The van der Waals surface area contributed by atoms with Gasteiger partial charge in [-0.05, 0) is 23.8 Å². The van der Waals surface area contributed by atoms with Crippen LogP contribution >= 0.6 is 11.6 Å². The fourth-order valence-electron chi connectivity index (χ4n) is 2.09. The van der Waals surface area contributed by atoms with E-state index in [1.54, 1.807) is 48.8 Å². The number of sulfonamides is 1. The lowest BCUT2D eigenvalue weighted by molar-refractivity contribution is 0.0951. The molecule has 0 aliphatic carbocycles. The predicted molar refractivity (Wildman–Crippen MR) is 93.3 cm³/mol. The SMILES string of the molecule is CS(=O)(=O)N(CCNC(=O)c1ccccc1Cl)Cc1cccnc1. The van der Waals surface area contributed by atoms with Crippen LogP contribution < -0.4 is 5.32 Å². The molecule has 0 radical (unpaired) electrons. The average molecular weight is 368 g/mol. The number of rotatable bonds is 7. The number of pyridine rings is 1. The number of carbonyl (C=O) groups excluding carboxylic acids is 1. The highest BCUT2D eigenvalue weighted by Gasteiger charge is 2.17. The van der Waals surface area contributed by atoms with Crippen LogP contribution in [-0.2, 0) is 16.6 Å². The Morgan fingerprint density at radius 3 is 2.62 bits per heavy atom. The second-order valence-corrected chi connectivity index (χ2v) is 7.58. The van der Waals surface area contributed by atoms with E-state index in [1.165, 1.54) is 4.31 Å². The van der Waals surface area contributed by atoms with Gasteiger partial charge in [-0.1, -0.05) is 29.8 Å². The highest BCUT2D eigenvalue weighted by molar-refractivity contribution is 7.88. The number of nitrogens with zero attached hydrogens (tertiary/aromatic N) is 2. The summed E-state index contributed by atoms with van der Waals surface area (Å²) in [6, 6.07) is 10.2. The van der Waals surface area contributed by atoms with Crippen LogP contribution in [0.3, 0.4) is 0 Å². The Hall–Kier alpha value is -1.96. The van der Waals surface area contributed by atoms with Crippen molar-refractivity contribution >= 4 is 27.5 Å². The summed E-state index contributed by atoms with van der Waals surface area (Å²) < 4.78 is 25.1. The number of amides is 1. The Balaban J connectivity index is 1.96. The topological polar surface area (TPSA) is 79.4 Å². The molecule has 1 aromatic heterocycles. The highest BCUT2D eigenvalue weighted by Crippen LogP contribution is 2.14. The molecule has 0 spiro atoms. The van der Waals surface area contributed by atoms with Crippen molar-refractivity contribution in [2.24, 2.45) is 0 Å². The quantitative estimate of drug-likeness (QED) is 0.810. The zero-order valence-corrected chi connectivity index (χ0v) is 14.7.